The van der Waals surface area contributed by atoms with E-state index in [0.717, 1.165) is 48.5 Å². The first kappa shape index (κ1) is 19.8. The van der Waals surface area contributed by atoms with Crippen LogP contribution in [0.25, 0.3) is 11.3 Å². The van der Waals surface area contributed by atoms with Gasteiger partial charge in [-0.15, -0.1) is 0 Å². The van der Waals surface area contributed by atoms with Crippen LogP contribution in [0.2, 0.25) is 0 Å². The average Bonchev–Trinajstić information content (AvgIpc) is 2.80. The zero-order valence-electron chi connectivity index (χ0n) is 17.0. The molecule has 7 heteroatoms. The number of methoxy groups -OCH3 is 1. The molecule has 0 bridgehead atoms. The third-order valence-electron chi connectivity index (χ3n) is 5.38. The van der Waals surface area contributed by atoms with Crippen LogP contribution in [0.3, 0.4) is 0 Å². The van der Waals surface area contributed by atoms with Crippen LogP contribution in [-0.4, -0.2) is 40.9 Å². The van der Waals surface area contributed by atoms with Crippen molar-refractivity contribution in [1.29, 1.82) is 0 Å². The minimum atomic E-state index is -0.165. The number of Topliss-reactive ketones (excluding diaryl/α,β-unsaturated/α-hetero) is 1. The Balaban J connectivity index is 1.59. The molecule has 1 aliphatic heterocycles. The van der Waals surface area contributed by atoms with E-state index < -0.39 is 0 Å². The van der Waals surface area contributed by atoms with Gasteiger partial charge in [0, 0.05) is 48.7 Å². The number of rotatable bonds is 6. The molecule has 0 radical (unpaired) electrons. The standard InChI is InChI=1S/C23H25N5O2/c1-30-18-7-5-16(6-8-18)19-15-26-23(24)22(27-19)21(29)13-17-14-25-10-9-20(17)28-11-3-2-4-12-28/h5-10,14-15H,2-4,11-13H2,1H3,(H2,24,26). The van der Waals surface area contributed by atoms with E-state index in [1.165, 1.54) is 6.42 Å². The number of nitrogens with zero attached hydrogens (tertiary/aromatic N) is 4. The number of piperidine rings is 1. The Morgan fingerprint density at radius 3 is 2.60 bits per heavy atom. The largest absolute Gasteiger partial charge is 0.497 e. The van der Waals surface area contributed by atoms with E-state index in [9.17, 15) is 4.79 Å². The topological polar surface area (TPSA) is 94.2 Å². The van der Waals surface area contributed by atoms with Gasteiger partial charge in [-0.3, -0.25) is 9.78 Å². The zero-order chi connectivity index (χ0) is 20.9. The van der Waals surface area contributed by atoms with E-state index in [0.29, 0.717) is 5.69 Å². The van der Waals surface area contributed by atoms with Gasteiger partial charge in [-0.25, -0.2) is 9.97 Å². The van der Waals surface area contributed by atoms with Gasteiger partial charge < -0.3 is 15.4 Å². The van der Waals surface area contributed by atoms with Crippen molar-refractivity contribution >= 4 is 17.3 Å². The first-order chi connectivity index (χ1) is 14.7. The molecule has 0 saturated carbocycles. The highest BCUT2D eigenvalue weighted by atomic mass is 16.5. The van der Waals surface area contributed by atoms with E-state index in [1.54, 1.807) is 25.7 Å². The third kappa shape index (κ3) is 4.25. The van der Waals surface area contributed by atoms with Crippen molar-refractivity contribution in [3.8, 4) is 17.0 Å². The molecule has 3 heterocycles. The van der Waals surface area contributed by atoms with E-state index in [4.69, 9.17) is 10.5 Å². The highest BCUT2D eigenvalue weighted by Gasteiger charge is 2.20. The number of carbonyl (C=O) groups is 1. The fourth-order valence-corrected chi connectivity index (χ4v) is 3.76. The summed E-state index contributed by atoms with van der Waals surface area (Å²) in [4.78, 5) is 28.4. The predicted octanol–water partition coefficient (Wildman–Crippen LogP) is 3.55. The summed E-state index contributed by atoms with van der Waals surface area (Å²) in [5.41, 5.74) is 9.59. The number of benzene rings is 1. The van der Waals surface area contributed by atoms with Crippen molar-refractivity contribution < 1.29 is 9.53 Å². The molecule has 1 saturated heterocycles. The molecular formula is C23H25N5O2. The van der Waals surface area contributed by atoms with Crippen LogP contribution in [0.15, 0.2) is 48.9 Å². The maximum Gasteiger partial charge on any atom is 0.189 e. The third-order valence-corrected chi connectivity index (χ3v) is 5.38. The molecule has 3 aromatic rings. The van der Waals surface area contributed by atoms with Gasteiger partial charge in [0.25, 0.3) is 0 Å². The van der Waals surface area contributed by atoms with Gasteiger partial charge in [0.05, 0.1) is 19.0 Å². The lowest BCUT2D eigenvalue weighted by atomic mass is 10.0. The monoisotopic (exact) mass is 403 g/mol. The number of pyridine rings is 1. The first-order valence-electron chi connectivity index (χ1n) is 10.1. The molecule has 1 fully saturated rings. The van der Waals surface area contributed by atoms with Crippen LogP contribution in [0, 0.1) is 0 Å². The van der Waals surface area contributed by atoms with Crippen LogP contribution in [0.5, 0.6) is 5.75 Å². The summed E-state index contributed by atoms with van der Waals surface area (Å²) < 4.78 is 5.19. The molecule has 30 heavy (non-hydrogen) atoms. The maximum absolute atomic E-state index is 13.1. The quantitative estimate of drug-likeness (QED) is 0.629. The van der Waals surface area contributed by atoms with Crippen LogP contribution in [-0.2, 0) is 6.42 Å². The van der Waals surface area contributed by atoms with Crippen molar-refractivity contribution in [2.75, 3.05) is 30.8 Å². The van der Waals surface area contributed by atoms with Crippen molar-refractivity contribution in [1.82, 2.24) is 15.0 Å². The normalized spacial score (nSPS) is 13.8. The summed E-state index contributed by atoms with van der Waals surface area (Å²) in [6, 6.07) is 9.42. The molecule has 0 amide bonds. The Labute approximate surface area is 175 Å². The second kappa shape index (κ2) is 8.90. The number of hydrogen-bond donors (Lipinski definition) is 1. The zero-order valence-corrected chi connectivity index (χ0v) is 17.0. The van der Waals surface area contributed by atoms with Crippen LogP contribution in [0.4, 0.5) is 11.5 Å². The Morgan fingerprint density at radius 2 is 1.87 bits per heavy atom. The molecular weight excluding hydrogens is 378 g/mol. The molecule has 0 atom stereocenters. The number of aromatic nitrogens is 3. The molecule has 0 unspecified atom stereocenters. The Morgan fingerprint density at radius 1 is 1.10 bits per heavy atom. The number of ether oxygens (including phenoxy) is 1. The SMILES string of the molecule is COc1ccc(-c2cnc(N)c(C(=O)Cc3cnccc3N3CCCCC3)n2)cc1. The minimum absolute atomic E-state index is 0.140. The minimum Gasteiger partial charge on any atom is -0.497 e. The number of ketones is 1. The van der Waals surface area contributed by atoms with E-state index >= 15 is 0 Å². The molecule has 2 N–H and O–H groups in total. The Kier molecular flexibility index (Phi) is 5.88. The van der Waals surface area contributed by atoms with E-state index in [-0.39, 0.29) is 23.7 Å². The van der Waals surface area contributed by atoms with Crippen molar-refractivity contribution in [2.45, 2.75) is 25.7 Å². The summed E-state index contributed by atoms with van der Waals surface area (Å²) >= 11 is 0. The summed E-state index contributed by atoms with van der Waals surface area (Å²) in [5, 5.41) is 0. The molecule has 7 nitrogen and oxygen atoms in total. The smallest absolute Gasteiger partial charge is 0.189 e. The lowest BCUT2D eigenvalue weighted by Gasteiger charge is -2.30. The average molecular weight is 403 g/mol. The fraction of sp³-hybridized carbons (Fsp3) is 0.304. The number of carbonyl (C=O) groups excluding carboxylic acids is 1. The summed E-state index contributed by atoms with van der Waals surface area (Å²) in [6.07, 6.45) is 8.88. The van der Waals surface area contributed by atoms with Crippen molar-refractivity contribution in [3.05, 3.63) is 60.2 Å². The Hall–Kier alpha value is -3.48. The maximum atomic E-state index is 13.1. The summed E-state index contributed by atoms with van der Waals surface area (Å²) in [6.45, 7) is 2.00. The number of nitrogens with two attached hydrogens (primary N) is 1. The van der Waals surface area contributed by atoms with Gasteiger partial charge in [0.2, 0.25) is 0 Å². The lowest BCUT2D eigenvalue weighted by molar-refractivity contribution is 0.0989. The molecule has 154 valence electrons. The van der Waals surface area contributed by atoms with E-state index in [1.807, 2.05) is 30.3 Å². The molecule has 4 rings (SSSR count). The molecule has 1 aromatic carbocycles. The lowest BCUT2D eigenvalue weighted by Crippen LogP contribution is -2.30. The number of hydrogen-bond acceptors (Lipinski definition) is 7. The van der Waals surface area contributed by atoms with Gasteiger partial charge in [-0.05, 0) is 49.6 Å². The Bertz CT molecular complexity index is 1030. The molecule has 0 spiro atoms. The first-order valence-corrected chi connectivity index (χ1v) is 10.1. The molecule has 2 aromatic heterocycles. The second-order valence-electron chi connectivity index (χ2n) is 7.37. The van der Waals surface area contributed by atoms with Crippen LogP contribution in [0.1, 0.15) is 35.3 Å². The van der Waals surface area contributed by atoms with Crippen molar-refractivity contribution in [3.63, 3.8) is 0 Å². The number of nitrogen functional groups attached to an aromatic ring is 1. The van der Waals surface area contributed by atoms with Crippen molar-refractivity contribution in [2.24, 2.45) is 0 Å². The number of anilines is 2. The summed E-state index contributed by atoms with van der Waals surface area (Å²) in [7, 11) is 1.62. The van der Waals surface area contributed by atoms with Gasteiger partial charge in [0.1, 0.15) is 11.4 Å². The fourth-order valence-electron chi connectivity index (χ4n) is 3.76. The second-order valence-corrected chi connectivity index (χ2v) is 7.37. The molecule has 1 aliphatic rings. The van der Waals surface area contributed by atoms with Gasteiger partial charge in [-0.1, -0.05) is 0 Å². The van der Waals surface area contributed by atoms with E-state index in [2.05, 4.69) is 19.9 Å². The predicted molar refractivity (Wildman–Crippen MR) is 117 cm³/mol. The van der Waals surface area contributed by atoms with Gasteiger partial charge in [0.15, 0.2) is 11.6 Å². The van der Waals surface area contributed by atoms with Gasteiger partial charge >= 0.3 is 0 Å². The molecule has 0 aliphatic carbocycles. The van der Waals surface area contributed by atoms with Crippen LogP contribution < -0.4 is 15.4 Å². The highest BCUT2D eigenvalue weighted by Crippen LogP contribution is 2.26. The van der Waals surface area contributed by atoms with Gasteiger partial charge in [-0.2, -0.15) is 0 Å². The summed E-state index contributed by atoms with van der Waals surface area (Å²) in [5.74, 6) is 0.725. The highest BCUT2D eigenvalue weighted by molar-refractivity contribution is 6.00. The van der Waals surface area contributed by atoms with Crippen LogP contribution >= 0.6 is 0 Å².